The molecule has 1 aliphatic heterocycles. The third kappa shape index (κ3) is 3.89. The van der Waals surface area contributed by atoms with E-state index in [-0.39, 0.29) is 18.0 Å². The molecule has 0 aliphatic carbocycles. The van der Waals surface area contributed by atoms with Gasteiger partial charge >= 0.3 is 12.0 Å². The van der Waals surface area contributed by atoms with Gasteiger partial charge in [-0.25, -0.2) is 9.59 Å². The SMILES string of the molecule is CC1CN(C(=O)N[C@H](C(=O)O)C(C)C)CCN1. The van der Waals surface area contributed by atoms with Gasteiger partial charge in [-0.05, 0) is 12.8 Å². The van der Waals surface area contributed by atoms with Crippen molar-refractivity contribution >= 4 is 12.0 Å². The lowest BCUT2D eigenvalue weighted by molar-refractivity contribution is -0.140. The smallest absolute Gasteiger partial charge is 0.326 e. The largest absolute Gasteiger partial charge is 0.480 e. The zero-order valence-electron chi connectivity index (χ0n) is 10.6. The summed E-state index contributed by atoms with van der Waals surface area (Å²) < 4.78 is 0. The Morgan fingerprint density at radius 3 is 2.59 bits per heavy atom. The van der Waals surface area contributed by atoms with Crippen LogP contribution >= 0.6 is 0 Å². The third-order valence-electron chi connectivity index (χ3n) is 2.87. The van der Waals surface area contributed by atoms with E-state index in [1.165, 1.54) is 0 Å². The van der Waals surface area contributed by atoms with Gasteiger partial charge in [-0.15, -0.1) is 0 Å². The van der Waals surface area contributed by atoms with Gasteiger partial charge in [0.2, 0.25) is 0 Å². The summed E-state index contributed by atoms with van der Waals surface area (Å²) in [4.78, 5) is 24.5. The Hall–Kier alpha value is -1.30. The highest BCUT2D eigenvalue weighted by atomic mass is 16.4. The molecule has 0 radical (unpaired) electrons. The van der Waals surface area contributed by atoms with Gasteiger partial charge in [0.1, 0.15) is 6.04 Å². The van der Waals surface area contributed by atoms with E-state index in [0.29, 0.717) is 13.1 Å². The number of hydrogen-bond acceptors (Lipinski definition) is 3. The first-order chi connectivity index (χ1) is 7.91. The molecule has 1 rings (SSSR count). The lowest BCUT2D eigenvalue weighted by Gasteiger charge is -2.33. The molecule has 1 fully saturated rings. The van der Waals surface area contributed by atoms with Crippen LogP contribution in [-0.2, 0) is 4.79 Å². The topological polar surface area (TPSA) is 81.7 Å². The molecule has 1 aliphatic rings. The first kappa shape index (κ1) is 13.8. The van der Waals surface area contributed by atoms with E-state index in [1.54, 1.807) is 18.7 Å². The number of aliphatic carboxylic acids is 1. The summed E-state index contributed by atoms with van der Waals surface area (Å²) in [6, 6.07) is -0.871. The zero-order chi connectivity index (χ0) is 13.0. The summed E-state index contributed by atoms with van der Waals surface area (Å²) in [5.41, 5.74) is 0. The Balaban J connectivity index is 2.54. The first-order valence-corrected chi connectivity index (χ1v) is 5.93. The Bertz CT molecular complexity index is 294. The Labute approximate surface area is 101 Å². The van der Waals surface area contributed by atoms with Crippen LogP contribution in [0.15, 0.2) is 0 Å². The van der Waals surface area contributed by atoms with Crippen molar-refractivity contribution in [1.29, 1.82) is 0 Å². The number of hydrogen-bond donors (Lipinski definition) is 3. The quantitative estimate of drug-likeness (QED) is 0.656. The molecule has 1 saturated heterocycles. The Morgan fingerprint density at radius 2 is 2.12 bits per heavy atom. The van der Waals surface area contributed by atoms with Gasteiger partial charge in [-0.1, -0.05) is 13.8 Å². The number of nitrogens with one attached hydrogen (secondary N) is 2. The number of rotatable bonds is 3. The predicted molar refractivity (Wildman–Crippen MR) is 63.8 cm³/mol. The summed E-state index contributed by atoms with van der Waals surface area (Å²) in [5, 5.41) is 14.8. The standard InChI is InChI=1S/C11H21N3O3/c1-7(2)9(10(15)16)13-11(17)14-5-4-12-8(3)6-14/h7-9,12H,4-6H2,1-3H3,(H,13,17)(H,15,16)/t8?,9-/m0/s1. The van der Waals surface area contributed by atoms with Crippen LogP contribution in [0.3, 0.4) is 0 Å². The van der Waals surface area contributed by atoms with E-state index < -0.39 is 12.0 Å². The molecule has 98 valence electrons. The van der Waals surface area contributed by atoms with Crippen molar-refractivity contribution < 1.29 is 14.7 Å². The van der Waals surface area contributed by atoms with E-state index in [2.05, 4.69) is 10.6 Å². The molecule has 1 heterocycles. The summed E-state index contributed by atoms with van der Waals surface area (Å²) in [6.45, 7) is 7.51. The molecule has 17 heavy (non-hydrogen) atoms. The van der Waals surface area contributed by atoms with E-state index in [0.717, 1.165) is 6.54 Å². The van der Waals surface area contributed by atoms with Gasteiger partial charge < -0.3 is 20.6 Å². The molecule has 0 saturated carbocycles. The lowest BCUT2D eigenvalue weighted by atomic mass is 10.1. The van der Waals surface area contributed by atoms with Crippen LogP contribution in [0.5, 0.6) is 0 Å². The first-order valence-electron chi connectivity index (χ1n) is 5.93. The van der Waals surface area contributed by atoms with Gasteiger partial charge in [-0.3, -0.25) is 0 Å². The molecule has 0 aromatic rings. The van der Waals surface area contributed by atoms with E-state index >= 15 is 0 Å². The molecule has 0 aromatic carbocycles. The second-order valence-electron chi connectivity index (χ2n) is 4.81. The Morgan fingerprint density at radius 1 is 1.47 bits per heavy atom. The second kappa shape index (κ2) is 5.86. The highest BCUT2D eigenvalue weighted by molar-refractivity contribution is 5.82. The Kier molecular flexibility index (Phi) is 4.74. The van der Waals surface area contributed by atoms with Gasteiger partial charge in [0.05, 0.1) is 0 Å². The van der Waals surface area contributed by atoms with Crippen LogP contribution in [0.2, 0.25) is 0 Å². The minimum Gasteiger partial charge on any atom is -0.480 e. The normalized spacial score (nSPS) is 22.4. The van der Waals surface area contributed by atoms with Crippen LogP contribution in [0.4, 0.5) is 4.79 Å². The van der Waals surface area contributed by atoms with Crippen molar-refractivity contribution in [2.24, 2.45) is 5.92 Å². The zero-order valence-corrected chi connectivity index (χ0v) is 10.6. The maximum absolute atomic E-state index is 11.9. The lowest BCUT2D eigenvalue weighted by Crippen LogP contribution is -2.57. The number of carbonyl (C=O) groups excluding carboxylic acids is 1. The van der Waals surface area contributed by atoms with Gasteiger partial charge in [0.25, 0.3) is 0 Å². The van der Waals surface area contributed by atoms with Crippen molar-refractivity contribution in [3.63, 3.8) is 0 Å². The maximum atomic E-state index is 11.9. The number of nitrogens with zero attached hydrogens (tertiary/aromatic N) is 1. The van der Waals surface area contributed by atoms with E-state index in [9.17, 15) is 9.59 Å². The van der Waals surface area contributed by atoms with Gasteiger partial charge in [0.15, 0.2) is 0 Å². The van der Waals surface area contributed by atoms with Crippen LogP contribution in [-0.4, -0.2) is 53.7 Å². The van der Waals surface area contributed by atoms with Gasteiger partial charge in [0, 0.05) is 25.7 Å². The highest BCUT2D eigenvalue weighted by Gasteiger charge is 2.27. The molecule has 1 unspecified atom stereocenters. The molecule has 0 aromatic heterocycles. The van der Waals surface area contributed by atoms with Crippen LogP contribution in [0.25, 0.3) is 0 Å². The van der Waals surface area contributed by atoms with E-state index in [1.807, 2.05) is 6.92 Å². The third-order valence-corrected chi connectivity index (χ3v) is 2.87. The van der Waals surface area contributed by atoms with Crippen molar-refractivity contribution in [2.45, 2.75) is 32.9 Å². The molecule has 0 spiro atoms. The van der Waals surface area contributed by atoms with E-state index in [4.69, 9.17) is 5.11 Å². The maximum Gasteiger partial charge on any atom is 0.326 e. The molecule has 3 N–H and O–H groups in total. The summed E-state index contributed by atoms with van der Waals surface area (Å²) in [7, 11) is 0. The number of amides is 2. The molecule has 0 bridgehead atoms. The van der Waals surface area contributed by atoms with Crippen molar-refractivity contribution in [3.05, 3.63) is 0 Å². The van der Waals surface area contributed by atoms with Crippen LogP contribution in [0.1, 0.15) is 20.8 Å². The fraction of sp³-hybridized carbons (Fsp3) is 0.818. The number of carbonyl (C=O) groups is 2. The fourth-order valence-corrected chi connectivity index (χ4v) is 1.85. The fourth-order valence-electron chi connectivity index (χ4n) is 1.85. The second-order valence-corrected chi connectivity index (χ2v) is 4.81. The average molecular weight is 243 g/mol. The average Bonchev–Trinajstić information content (AvgIpc) is 2.24. The van der Waals surface area contributed by atoms with Crippen molar-refractivity contribution in [3.8, 4) is 0 Å². The number of carboxylic acid groups (broad SMARTS) is 1. The summed E-state index contributed by atoms with van der Waals surface area (Å²) in [6.07, 6.45) is 0. The minimum atomic E-state index is -0.989. The predicted octanol–water partition coefficient (Wildman–Crippen LogP) is 0.0989. The summed E-state index contributed by atoms with van der Waals surface area (Å²) in [5.74, 6) is -1.12. The highest BCUT2D eigenvalue weighted by Crippen LogP contribution is 2.04. The van der Waals surface area contributed by atoms with Crippen LogP contribution in [0, 0.1) is 5.92 Å². The van der Waals surface area contributed by atoms with Crippen molar-refractivity contribution in [1.82, 2.24) is 15.5 Å². The summed E-state index contributed by atoms with van der Waals surface area (Å²) >= 11 is 0. The monoisotopic (exact) mass is 243 g/mol. The molecule has 6 nitrogen and oxygen atoms in total. The van der Waals surface area contributed by atoms with Crippen LogP contribution < -0.4 is 10.6 Å². The number of carboxylic acids is 1. The molecular formula is C11H21N3O3. The molecule has 6 heteroatoms. The van der Waals surface area contributed by atoms with Crippen molar-refractivity contribution in [2.75, 3.05) is 19.6 Å². The molecule has 2 atom stereocenters. The number of piperazine rings is 1. The molecule has 2 amide bonds. The molecular weight excluding hydrogens is 222 g/mol. The van der Waals surface area contributed by atoms with Gasteiger partial charge in [-0.2, -0.15) is 0 Å². The minimum absolute atomic E-state index is 0.128. The number of urea groups is 1.